The van der Waals surface area contributed by atoms with Gasteiger partial charge in [0.15, 0.2) is 0 Å². The number of nitrogens with zero attached hydrogens (tertiary/aromatic N) is 2. The molecule has 0 saturated heterocycles. The number of nitro groups is 1. The van der Waals surface area contributed by atoms with Crippen LogP contribution in [0.15, 0.2) is 55.1 Å². The number of nitro benzene ring substituents is 1. The van der Waals surface area contributed by atoms with Crippen molar-refractivity contribution in [2.75, 3.05) is 13.7 Å². The Morgan fingerprint density at radius 1 is 1.32 bits per heavy atom. The van der Waals surface area contributed by atoms with Gasteiger partial charge in [0.25, 0.3) is 11.6 Å². The number of methoxy groups -OCH3 is 1. The number of carbonyl (C=O) groups excluding carboxylic acids is 1. The lowest BCUT2D eigenvalue weighted by molar-refractivity contribution is -0.385. The average Bonchev–Trinajstić information content (AvgIpc) is 2.61. The van der Waals surface area contributed by atoms with E-state index in [0.29, 0.717) is 5.75 Å². The lowest BCUT2D eigenvalue weighted by Gasteiger charge is -2.21. The number of hydrogen-bond donors (Lipinski definition) is 0. The molecular weight excluding hydrogens is 344 g/mol. The van der Waals surface area contributed by atoms with E-state index in [1.807, 2.05) is 12.1 Å². The smallest absolute Gasteiger partial charge is 0.283 e. The maximum Gasteiger partial charge on any atom is 0.283 e. The number of amides is 1. The van der Waals surface area contributed by atoms with Crippen molar-refractivity contribution in [3.63, 3.8) is 0 Å². The Morgan fingerprint density at radius 2 is 2.00 bits per heavy atom. The zero-order valence-corrected chi connectivity index (χ0v) is 14.4. The maximum absolute atomic E-state index is 12.8. The van der Waals surface area contributed by atoms with Gasteiger partial charge in [0.1, 0.15) is 11.3 Å². The molecule has 1 amide bonds. The highest BCUT2D eigenvalue weighted by Gasteiger charge is 2.24. The predicted molar refractivity (Wildman–Crippen MR) is 96.0 cm³/mol. The lowest BCUT2D eigenvalue weighted by Crippen LogP contribution is -2.31. The third-order valence-electron chi connectivity index (χ3n) is 3.56. The molecule has 7 heteroatoms. The van der Waals surface area contributed by atoms with Crippen LogP contribution in [0.25, 0.3) is 0 Å². The largest absolute Gasteiger partial charge is 0.497 e. The summed E-state index contributed by atoms with van der Waals surface area (Å²) in [6, 6.07) is 11.2. The summed E-state index contributed by atoms with van der Waals surface area (Å²) in [5, 5.41) is 11.4. The van der Waals surface area contributed by atoms with E-state index in [2.05, 4.69) is 6.58 Å². The van der Waals surface area contributed by atoms with Gasteiger partial charge in [0, 0.05) is 24.2 Å². The first-order valence-electron chi connectivity index (χ1n) is 7.43. The van der Waals surface area contributed by atoms with Gasteiger partial charge in [0.2, 0.25) is 0 Å². The van der Waals surface area contributed by atoms with Crippen LogP contribution in [0.5, 0.6) is 5.75 Å². The molecule has 0 aromatic heterocycles. The zero-order chi connectivity index (χ0) is 18.4. The molecule has 0 aliphatic heterocycles. The summed E-state index contributed by atoms with van der Waals surface area (Å²) in [6.45, 7) is 4.19. The SMILES string of the molecule is C=CCN(Cc1ccc(OC)cc1)C(=O)c1ccc(Cl)cc1[N+](=O)[O-]. The summed E-state index contributed by atoms with van der Waals surface area (Å²) >= 11 is 5.81. The summed E-state index contributed by atoms with van der Waals surface area (Å²) in [5.74, 6) is 0.248. The van der Waals surface area contributed by atoms with E-state index in [1.165, 1.54) is 23.1 Å². The van der Waals surface area contributed by atoms with E-state index in [9.17, 15) is 14.9 Å². The minimum Gasteiger partial charge on any atom is -0.497 e. The van der Waals surface area contributed by atoms with Crippen LogP contribution in [0.1, 0.15) is 15.9 Å². The molecule has 2 rings (SSSR count). The zero-order valence-electron chi connectivity index (χ0n) is 13.6. The molecule has 0 atom stereocenters. The van der Waals surface area contributed by atoms with Crippen LogP contribution in [-0.2, 0) is 6.54 Å². The molecule has 0 fully saturated rings. The fourth-order valence-corrected chi connectivity index (χ4v) is 2.50. The molecule has 0 spiro atoms. The fourth-order valence-electron chi connectivity index (χ4n) is 2.33. The van der Waals surface area contributed by atoms with E-state index in [1.54, 1.807) is 25.3 Å². The molecule has 0 heterocycles. The van der Waals surface area contributed by atoms with Gasteiger partial charge in [-0.1, -0.05) is 29.8 Å². The molecule has 6 nitrogen and oxygen atoms in total. The van der Waals surface area contributed by atoms with E-state index in [0.717, 1.165) is 5.56 Å². The Hall–Kier alpha value is -2.86. The highest BCUT2D eigenvalue weighted by Crippen LogP contribution is 2.25. The highest BCUT2D eigenvalue weighted by molar-refractivity contribution is 6.31. The molecule has 2 aromatic carbocycles. The average molecular weight is 361 g/mol. The molecule has 0 aliphatic rings. The molecule has 2 aromatic rings. The fraction of sp³-hybridized carbons (Fsp3) is 0.167. The van der Waals surface area contributed by atoms with Gasteiger partial charge in [-0.15, -0.1) is 6.58 Å². The molecule has 0 aliphatic carbocycles. The van der Waals surface area contributed by atoms with Crippen molar-refractivity contribution in [2.24, 2.45) is 0 Å². The number of halogens is 1. The quantitative estimate of drug-likeness (QED) is 0.423. The minimum absolute atomic E-state index is 0.00948. The molecule has 0 saturated carbocycles. The Balaban J connectivity index is 2.31. The first kappa shape index (κ1) is 18.5. The van der Waals surface area contributed by atoms with Crippen molar-refractivity contribution in [3.8, 4) is 5.75 Å². The van der Waals surface area contributed by atoms with Crippen molar-refractivity contribution in [3.05, 3.63) is 81.4 Å². The van der Waals surface area contributed by atoms with Gasteiger partial charge >= 0.3 is 0 Å². The van der Waals surface area contributed by atoms with E-state index < -0.39 is 10.8 Å². The number of benzene rings is 2. The lowest BCUT2D eigenvalue weighted by atomic mass is 10.1. The van der Waals surface area contributed by atoms with E-state index in [4.69, 9.17) is 16.3 Å². The predicted octanol–water partition coefficient (Wildman–Crippen LogP) is 4.09. The van der Waals surface area contributed by atoms with Crippen molar-refractivity contribution in [1.29, 1.82) is 0 Å². The van der Waals surface area contributed by atoms with E-state index >= 15 is 0 Å². The first-order valence-corrected chi connectivity index (χ1v) is 7.81. The molecule has 25 heavy (non-hydrogen) atoms. The van der Waals surface area contributed by atoms with Crippen molar-refractivity contribution in [2.45, 2.75) is 6.54 Å². The summed E-state index contributed by atoms with van der Waals surface area (Å²) < 4.78 is 5.11. The van der Waals surface area contributed by atoms with Crippen LogP contribution >= 0.6 is 11.6 Å². The topological polar surface area (TPSA) is 72.7 Å². The molecule has 0 N–H and O–H groups in total. The van der Waals surface area contributed by atoms with Crippen molar-refractivity contribution < 1.29 is 14.5 Å². The van der Waals surface area contributed by atoms with Crippen molar-refractivity contribution in [1.82, 2.24) is 4.90 Å². The third-order valence-corrected chi connectivity index (χ3v) is 3.79. The van der Waals surface area contributed by atoms with Crippen LogP contribution in [-0.4, -0.2) is 29.4 Å². The third kappa shape index (κ3) is 4.58. The van der Waals surface area contributed by atoms with Gasteiger partial charge in [-0.2, -0.15) is 0 Å². The standard InChI is InChI=1S/C18H17ClN2O4/c1-3-10-20(12-13-4-7-15(25-2)8-5-13)18(22)16-9-6-14(19)11-17(16)21(23)24/h3-9,11H,1,10,12H2,2H3. The Kier molecular flexibility index (Phi) is 6.14. The summed E-state index contributed by atoms with van der Waals surface area (Å²) in [7, 11) is 1.57. The second-order valence-corrected chi connectivity index (χ2v) is 5.68. The van der Waals surface area contributed by atoms with E-state index in [-0.39, 0.29) is 29.4 Å². The number of carbonyl (C=O) groups is 1. The highest BCUT2D eigenvalue weighted by atomic mass is 35.5. The molecule has 0 unspecified atom stereocenters. The van der Waals surface area contributed by atoms with Gasteiger partial charge in [0.05, 0.1) is 12.0 Å². The molecular formula is C18H17ClN2O4. The Morgan fingerprint density at radius 3 is 2.56 bits per heavy atom. The van der Waals surface area contributed by atoms with Crippen LogP contribution in [0.3, 0.4) is 0 Å². The minimum atomic E-state index is -0.613. The van der Waals surface area contributed by atoms with Crippen LogP contribution in [0.4, 0.5) is 5.69 Å². The summed E-state index contributed by atoms with van der Waals surface area (Å²) in [4.78, 5) is 24.9. The number of rotatable bonds is 7. The molecule has 0 radical (unpaired) electrons. The normalized spacial score (nSPS) is 10.2. The summed E-state index contributed by atoms with van der Waals surface area (Å²) in [5.41, 5.74) is 0.540. The molecule has 130 valence electrons. The molecule has 0 bridgehead atoms. The second kappa shape index (κ2) is 8.30. The number of hydrogen-bond acceptors (Lipinski definition) is 4. The number of ether oxygens (including phenoxy) is 1. The first-order chi connectivity index (χ1) is 12.0. The van der Waals surface area contributed by atoms with Gasteiger partial charge in [-0.05, 0) is 29.8 Å². The second-order valence-electron chi connectivity index (χ2n) is 5.24. The van der Waals surface area contributed by atoms with Crippen LogP contribution < -0.4 is 4.74 Å². The monoisotopic (exact) mass is 360 g/mol. The van der Waals surface area contributed by atoms with Gasteiger partial charge < -0.3 is 9.64 Å². The Labute approximate surface area is 150 Å². The van der Waals surface area contributed by atoms with Crippen molar-refractivity contribution >= 4 is 23.2 Å². The van der Waals surface area contributed by atoms with Crippen LogP contribution in [0.2, 0.25) is 5.02 Å². The van der Waals surface area contributed by atoms with Gasteiger partial charge in [-0.3, -0.25) is 14.9 Å². The summed E-state index contributed by atoms with van der Waals surface area (Å²) in [6.07, 6.45) is 1.57. The Bertz CT molecular complexity index is 790. The van der Waals surface area contributed by atoms with Gasteiger partial charge in [-0.25, -0.2) is 0 Å². The van der Waals surface area contributed by atoms with Crippen LogP contribution in [0, 0.1) is 10.1 Å². The maximum atomic E-state index is 12.8.